The SMILES string of the molecule is CC1(C(=O)O)CCCC2(C)C1CCC13CC4CC(O)(CCC21)C3O4. The number of carbonyl (C=O) groups is 1. The molecule has 134 valence electrons. The quantitative estimate of drug-likeness (QED) is 0.771. The van der Waals surface area contributed by atoms with Gasteiger partial charge in [0.2, 0.25) is 0 Å². The molecule has 2 bridgehead atoms. The minimum atomic E-state index is -0.606. The second kappa shape index (κ2) is 4.37. The molecule has 0 radical (unpaired) electrons. The molecule has 2 N–H and O–H groups in total. The second-order valence-electron chi connectivity index (χ2n) is 10.1. The molecule has 3 saturated carbocycles. The van der Waals surface area contributed by atoms with Crippen molar-refractivity contribution in [2.24, 2.45) is 28.1 Å². The summed E-state index contributed by atoms with van der Waals surface area (Å²) >= 11 is 0. The van der Waals surface area contributed by atoms with Gasteiger partial charge in [-0.15, -0.1) is 0 Å². The van der Waals surface area contributed by atoms with Crippen LogP contribution in [0.3, 0.4) is 0 Å². The first-order valence-corrected chi connectivity index (χ1v) is 9.86. The summed E-state index contributed by atoms with van der Waals surface area (Å²) in [6.07, 6.45) is 9.04. The molecule has 5 rings (SSSR count). The smallest absolute Gasteiger partial charge is 0.309 e. The molecule has 2 heterocycles. The third kappa shape index (κ3) is 1.56. The van der Waals surface area contributed by atoms with E-state index in [0.29, 0.717) is 5.92 Å². The van der Waals surface area contributed by atoms with Gasteiger partial charge < -0.3 is 14.9 Å². The fourth-order valence-corrected chi connectivity index (χ4v) is 8.47. The van der Waals surface area contributed by atoms with E-state index in [1.807, 2.05) is 6.92 Å². The Morgan fingerprint density at radius 1 is 1.04 bits per heavy atom. The van der Waals surface area contributed by atoms with Gasteiger partial charge in [0.1, 0.15) is 0 Å². The zero-order chi connectivity index (χ0) is 17.0. The molecule has 0 aromatic rings. The van der Waals surface area contributed by atoms with E-state index in [-0.39, 0.29) is 29.0 Å². The Labute approximate surface area is 144 Å². The monoisotopic (exact) mass is 334 g/mol. The number of aliphatic hydroxyl groups is 1. The minimum absolute atomic E-state index is 0.00420. The predicted molar refractivity (Wildman–Crippen MR) is 88.4 cm³/mol. The maximum absolute atomic E-state index is 12.1. The van der Waals surface area contributed by atoms with Crippen molar-refractivity contribution >= 4 is 5.97 Å². The molecule has 1 spiro atoms. The van der Waals surface area contributed by atoms with Crippen molar-refractivity contribution in [3.05, 3.63) is 0 Å². The lowest BCUT2D eigenvalue weighted by Crippen LogP contribution is -2.66. The fourth-order valence-electron chi connectivity index (χ4n) is 8.47. The van der Waals surface area contributed by atoms with Crippen molar-refractivity contribution < 1.29 is 19.7 Å². The van der Waals surface area contributed by atoms with Gasteiger partial charge in [-0.05, 0) is 69.1 Å². The van der Waals surface area contributed by atoms with Gasteiger partial charge in [0.15, 0.2) is 0 Å². The number of fused-ring (bicyclic) bond motifs is 3. The molecule has 8 atom stereocenters. The van der Waals surface area contributed by atoms with Crippen LogP contribution >= 0.6 is 0 Å². The maximum Gasteiger partial charge on any atom is 0.309 e. The molecular weight excluding hydrogens is 304 g/mol. The largest absolute Gasteiger partial charge is 0.481 e. The third-order valence-electron chi connectivity index (χ3n) is 9.25. The summed E-state index contributed by atoms with van der Waals surface area (Å²) in [5.41, 5.74) is -0.995. The summed E-state index contributed by atoms with van der Waals surface area (Å²) in [4.78, 5) is 12.1. The van der Waals surface area contributed by atoms with Gasteiger partial charge in [-0.25, -0.2) is 0 Å². The number of aliphatic carboxylic acids is 1. The standard InChI is InChI=1S/C20H30O4/c1-17-6-3-7-18(2,16(21)22)13(17)4-8-19-10-12-11-20(23,15(19)24-12)9-5-14(17)19/h12-15,23H,3-11H2,1-2H3,(H,21,22). The number of hydrogen-bond donors (Lipinski definition) is 2. The van der Waals surface area contributed by atoms with Crippen molar-refractivity contribution in [3.63, 3.8) is 0 Å². The highest BCUT2D eigenvalue weighted by Gasteiger charge is 2.73. The average molecular weight is 334 g/mol. The zero-order valence-electron chi connectivity index (χ0n) is 14.9. The molecule has 0 aromatic carbocycles. The van der Waals surface area contributed by atoms with E-state index in [1.165, 1.54) is 0 Å². The van der Waals surface area contributed by atoms with Crippen LogP contribution < -0.4 is 0 Å². The van der Waals surface area contributed by atoms with Gasteiger partial charge in [-0.2, -0.15) is 0 Å². The highest BCUT2D eigenvalue weighted by atomic mass is 16.5. The van der Waals surface area contributed by atoms with Gasteiger partial charge in [-0.3, -0.25) is 4.79 Å². The van der Waals surface area contributed by atoms with Crippen LogP contribution in [0.5, 0.6) is 0 Å². The van der Waals surface area contributed by atoms with Gasteiger partial charge >= 0.3 is 5.97 Å². The van der Waals surface area contributed by atoms with E-state index in [1.54, 1.807) is 0 Å². The topological polar surface area (TPSA) is 66.8 Å². The first-order valence-electron chi connectivity index (χ1n) is 9.86. The van der Waals surface area contributed by atoms with Gasteiger partial charge in [0.25, 0.3) is 0 Å². The molecule has 8 unspecified atom stereocenters. The molecule has 5 fully saturated rings. The van der Waals surface area contributed by atoms with Crippen molar-refractivity contribution in [2.75, 3.05) is 0 Å². The predicted octanol–water partition coefficient (Wildman–Crippen LogP) is 3.37. The summed E-state index contributed by atoms with van der Waals surface area (Å²) in [5.74, 6) is 0.168. The van der Waals surface area contributed by atoms with Crippen LogP contribution in [0.15, 0.2) is 0 Å². The van der Waals surface area contributed by atoms with E-state index in [4.69, 9.17) is 4.74 Å². The zero-order valence-corrected chi connectivity index (χ0v) is 14.9. The van der Waals surface area contributed by atoms with E-state index in [9.17, 15) is 15.0 Å². The summed E-state index contributed by atoms with van der Waals surface area (Å²) in [6, 6.07) is 0. The lowest BCUT2D eigenvalue weighted by Gasteiger charge is -2.66. The number of carboxylic acids is 1. The molecule has 0 amide bonds. The lowest BCUT2D eigenvalue weighted by molar-refractivity contribution is -0.220. The molecular formula is C20H30O4. The molecule has 3 aliphatic carbocycles. The molecule has 5 aliphatic rings. The van der Waals surface area contributed by atoms with Crippen LogP contribution in [-0.4, -0.2) is 34.0 Å². The Balaban J connectivity index is 1.58. The van der Waals surface area contributed by atoms with E-state index < -0.39 is 17.0 Å². The number of carboxylic acid groups (broad SMARTS) is 1. The van der Waals surface area contributed by atoms with Crippen LogP contribution in [0.25, 0.3) is 0 Å². The van der Waals surface area contributed by atoms with Crippen LogP contribution in [-0.2, 0) is 9.53 Å². The van der Waals surface area contributed by atoms with Crippen molar-refractivity contribution in [1.82, 2.24) is 0 Å². The van der Waals surface area contributed by atoms with E-state index in [2.05, 4.69) is 6.92 Å². The van der Waals surface area contributed by atoms with Crippen molar-refractivity contribution in [1.29, 1.82) is 0 Å². The third-order valence-corrected chi connectivity index (χ3v) is 9.25. The molecule has 2 saturated heterocycles. The molecule has 4 nitrogen and oxygen atoms in total. The van der Waals surface area contributed by atoms with Crippen LogP contribution in [0.4, 0.5) is 0 Å². The first kappa shape index (κ1) is 15.6. The highest BCUT2D eigenvalue weighted by Crippen LogP contribution is 2.73. The molecule has 2 aliphatic heterocycles. The van der Waals surface area contributed by atoms with Crippen molar-refractivity contribution in [2.45, 2.75) is 89.4 Å². The second-order valence-corrected chi connectivity index (χ2v) is 10.1. The first-order chi connectivity index (χ1) is 11.2. The van der Waals surface area contributed by atoms with Crippen LogP contribution in [0.1, 0.15) is 71.6 Å². The Hall–Kier alpha value is -0.610. The Bertz CT molecular complexity index is 604. The molecule has 24 heavy (non-hydrogen) atoms. The average Bonchev–Trinajstić information content (AvgIpc) is 3.01. The Kier molecular flexibility index (Phi) is 2.85. The van der Waals surface area contributed by atoms with Crippen LogP contribution in [0, 0.1) is 28.1 Å². The minimum Gasteiger partial charge on any atom is -0.481 e. The lowest BCUT2D eigenvalue weighted by atomic mass is 9.37. The number of rotatable bonds is 1. The van der Waals surface area contributed by atoms with Gasteiger partial charge in [0.05, 0.1) is 23.2 Å². The summed E-state index contributed by atoms with van der Waals surface area (Å²) in [7, 11) is 0. The number of hydrogen-bond acceptors (Lipinski definition) is 3. The van der Waals surface area contributed by atoms with Crippen LogP contribution in [0.2, 0.25) is 0 Å². The fraction of sp³-hybridized carbons (Fsp3) is 0.950. The molecule has 0 aromatic heterocycles. The number of ether oxygens (including phenoxy) is 1. The van der Waals surface area contributed by atoms with E-state index in [0.717, 1.165) is 57.8 Å². The Morgan fingerprint density at radius 3 is 2.50 bits per heavy atom. The van der Waals surface area contributed by atoms with E-state index >= 15 is 0 Å². The summed E-state index contributed by atoms with van der Waals surface area (Å²) < 4.78 is 6.26. The summed E-state index contributed by atoms with van der Waals surface area (Å²) in [6.45, 7) is 4.37. The normalized spacial score (nSPS) is 61.3. The Morgan fingerprint density at radius 2 is 1.79 bits per heavy atom. The van der Waals surface area contributed by atoms with Crippen molar-refractivity contribution in [3.8, 4) is 0 Å². The summed E-state index contributed by atoms with van der Waals surface area (Å²) in [5, 5.41) is 21.1. The maximum atomic E-state index is 12.1. The molecule has 4 heteroatoms. The highest BCUT2D eigenvalue weighted by molar-refractivity contribution is 5.75. The van der Waals surface area contributed by atoms with Gasteiger partial charge in [-0.1, -0.05) is 13.3 Å². The van der Waals surface area contributed by atoms with Gasteiger partial charge in [0, 0.05) is 11.8 Å².